The van der Waals surface area contributed by atoms with Crippen molar-refractivity contribution in [1.82, 2.24) is 9.78 Å². The number of aromatic carboxylic acids is 1. The van der Waals surface area contributed by atoms with E-state index in [1.54, 1.807) is 10.9 Å². The standard InChI is InChI=1S/C9H14N2O2/c1-6(2)7(3)11-5-8(4-10-11)9(12)13/h4-7H,1-3H3,(H,12,13). The average molecular weight is 182 g/mol. The van der Waals surface area contributed by atoms with Crippen molar-refractivity contribution >= 4 is 5.97 Å². The van der Waals surface area contributed by atoms with Gasteiger partial charge < -0.3 is 5.11 Å². The van der Waals surface area contributed by atoms with E-state index in [9.17, 15) is 4.79 Å². The van der Waals surface area contributed by atoms with Crippen LogP contribution in [-0.4, -0.2) is 20.9 Å². The van der Waals surface area contributed by atoms with Gasteiger partial charge in [-0.15, -0.1) is 0 Å². The van der Waals surface area contributed by atoms with Crippen molar-refractivity contribution in [3.63, 3.8) is 0 Å². The van der Waals surface area contributed by atoms with Crippen LogP contribution >= 0.6 is 0 Å². The fourth-order valence-corrected chi connectivity index (χ4v) is 0.977. The maximum Gasteiger partial charge on any atom is 0.338 e. The molecule has 0 aliphatic rings. The van der Waals surface area contributed by atoms with Gasteiger partial charge in [0.25, 0.3) is 0 Å². The molecule has 1 heterocycles. The van der Waals surface area contributed by atoms with Gasteiger partial charge >= 0.3 is 5.97 Å². The molecule has 1 rings (SSSR count). The Kier molecular flexibility index (Phi) is 2.70. The van der Waals surface area contributed by atoms with Crippen LogP contribution in [0.5, 0.6) is 0 Å². The van der Waals surface area contributed by atoms with E-state index in [0.717, 1.165) is 0 Å². The minimum atomic E-state index is -0.929. The fraction of sp³-hybridized carbons (Fsp3) is 0.556. The van der Waals surface area contributed by atoms with Crippen LogP contribution in [0.25, 0.3) is 0 Å². The van der Waals surface area contributed by atoms with Gasteiger partial charge in [0.1, 0.15) is 0 Å². The molecule has 0 spiro atoms. The van der Waals surface area contributed by atoms with Crippen LogP contribution in [0.3, 0.4) is 0 Å². The Morgan fingerprint density at radius 1 is 1.54 bits per heavy atom. The zero-order valence-electron chi connectivity index (χ0n) is 8.06. The molecule has 0 aromatic carbocycles. The first kappa shape index (κ1) is 9.77. The molecule has 1 aromatic rings. The summed E-state index contributed by atoms with van der Waals surface area (Å²) < 4.78 is 1.69. The molecule has 0 saturated heterocycles. The molecule has 1 atom stereocenters. The molecule has 72 valence electrons. The van der Waals surface area contributed by atoms with Gasteiger partial charge in [-0.05, 0) is 12.8 Å². The average Bonchev–Trinajstić information content (AvgIpc) is 2.50. The summed E-state index contributed by atoms with van der Waals surface area (Å²) in [6, 6.07) is 0.230. The predicted molar refractivity (Wildman–Crippen MR) is 48.7 cm³/mol. The van der Waals surface area contributed by atoms with Gasteiger partial charge in [-0.1, -0.05) is 13.8 Å². The zero-order valence-corrected chi connectivity index (χ0v) is 8.06. The van der Waals surface area contributed by atoms with E-state index in [1.165, 1.54) is 6.20 Å². The van der Waals surface area contributed by atoms with Gasteiger partial charge in [-0.2, -0.15) is 5.10 Å². The topological polar surface area (TPSA) is 55.1 Å². The Morgan fingerprint density at radius 2 is 2.15 bits per heavy atom. The number of carbonyl (C=O) groups is 1. The number of hydrogen-bond acceptors (Lipinski definition) is 2. The molecule has 0 fully saturated rings. The molecule has 13 heavy (non-hydrogen) atoms. The van der Waals surface area contributed by atoms with Crippen LogP contribution in [-0.2, 0) is 0 Å². The second kappa shape index (κ2) is 3.60. The first-order chi connectivity index (χ1) is 6.02. The molecule has 4 heteroatoms. The molecule has 4 nitrogen and oxygen atoms in total. The van der Waals surface area contributed by atoms with Crippen molar-refractivity contribution in [2.45, 2.75) is 26.8 Å². The Labute approximate surface area is 77.2 Å². The van der Waals surface area contributed by atoms with Gasteiger partial charge in [0, 0.05) is 6.20 Å². The second-order valence-electron chi connectivity index (χ2n) is 3.50. The van der Waals surface area contributed by atoms with Gasteiger partial charge in [0.15, 0.2) is 0 Å². The minimum Gasteiger partial charge on any atom is -0.478 e. The fourth-order valence-electron chi connectivity index (χ4n) is 0.977. The highest BCUT2D eigenvalue weighted by molar-refractivity contribution is 5.86. The number of rotatable bonds is 3. The lowest BCUT2D eigenvalue weighted by molar-refractivity contribution is 0.0696. The van der Waals surface area contributed by atoms with E-state index < -0.39 is 5.97 Å². The third-order valence-electron chi connectivity index (χ3n) is 2.23. The Hall–Kier alpha value is -1.32. The molecule has 0 bridgehead atoms. The van der Waals surface area contributed by atoms with Crippen LogP contribution in [0.15, 0.2) is 12.4 Å². The van der Waals surface area contributed by atoms with E-state index in [1.807, 2.05) is 6.92 Å². The van der Waals surface area contributed by atoms with Crippen molar-refractivity contribution < 1.29 is 9.90 Å². The molecule has 0 saturated carbocycles. The van der Waals surface area contributed by atoms with Crippen molar-refractivity contribution in [2.24, 2.45) is 5.92 Å². The zero-order chi connectivity index (χ0) is 10.0. The summed E-state index contributed by atoms with van der Waals surface area (Å²) >= 11 is 0. The van der Waals surface area contributed by atoms with Crippen LogP contribution in [0.4, 0.5) is 0 Å². The van der Waals surface area contributed by atoms with E-state index in [4.69, 9.17) is 5.11 Å². The third kappa shape index (κ3) is 2.08. The lowest BCUT2D eigenvalue weighted by atomic mass is 10.1. The van der Waals surface area contributed by atoms with Crippen molar-refractivity contribution in [2.75, 3.05) is 0 Å². The lowest BCUT2D eigenvalue weighted by Gasteiger charge is -2.15. The summed E-state index contributed by atoms with van der Waals surface area (Å²) in [4.78, 5) is 10.6. The molecule has 1 N–H and O–H groups in total. The lowest BCUT2D eigenvalue weighted by Crippen LogP contribution is -2.11. The normalized spacial score (nSPS) is 13.2. The van der Waals surface area contributed by atoms with Crippen LogP contribution in [0.1, 0.15) is 37.2 Å². The second-order valence-corrected chi connectivity index (χ2v) is 3.50. The summed E-state index contributed by atoms with van der Waals surface area (Å²) in [6.07, 6.45) is 2.94. The van der Waals surface area contributed by atoms with Crippen molar-refractivity contribution in [3.8, 4) is 0 Å². The number of hydrogen-bond donors (Lipinski definition) is 1. The van der Waals surface area contributed by atoms with Crippen LogP contribution < -0.4 is 0 Å². The smallest absolute Gasteiger partial charge is 0.338 e. The van der Waals surface area contributed by atoms with Crippen LogP contribution in [0, 0.1) is 5.92 Å². The highest BCUT2D eigenvalue weighted by Gasteiger charge is 2.12. The number of nitrogens with zero attached hydrogens (tertiary/aromatic N) is 2. The van der Waals surface area contributed by atoms with Crippen molar-refractivity contribution in [1.29, 1.82) is 0 Å². The SMILES string of the molecule is CC(C)C(C)n1cc(C(=O)O)cn1. The van der Waals surface area contributed by atoms with E-state index in [0.29, 0.717) is 5.92 Å². The first-order valence-corrected chi connectivity index (χ1v) is 4.30. The molecule has 0 aliphatic carbocycles. The van der Waals surface area contributed by atoms with Gasteiger partial charge in [-0.3, -0.25) is 4.68 Å². The van der Waals surface area contributed by atoms with E-state index in [-0.39, 0.29) is 11.6 Å². The summed E-state index contributed by atoms with van der Waals surface area (Å²) in [7, 11) is 0. The van der Waals surface area contributed by atoms with Gasteiger partial charge in [0.2, 0.25) is 0 Å². The number of carboxylic acid groups (broad SMARTS) is 1. The molecule has 0 amide bonds. The van der Waals surface area contributed by atoms with Gasteiger partial charge in [-0.25, -0.2) is 4.79 Å². The highest BCUT2D eigenvalue weighted by Crippen LogP contribution is 2.15. The van der Waals surface area contributed by atoms with Crippen molar-refractivity contribution in [3.05, 3.63) is 18.0 Å². The summed E-state index contributed by atoms with van der Waals surface area (Å²) in [5.74, 6) is -0.483. The molecule has 0 radical (unpaired) electrons. The van der Waals surface area contributed by atoms with E-state index in [2.05, 4.69) is 18.9 Å². The number of carboxylic acids is 1. The maximum atomic E-state index is 10.6. The molecular weight excluding hydrogens is 168 g/mol. The van der Waals surface area contributed by atoms with Crippen LogP contribution in [0.2, 0.25) is 0 Å². The molecule has 1 aromatic heterocycles. The Bertz CT molecular complexity index is 304. The van der Waals surface area contributed by atoms with Gasteiger partial charge in [0.05, 0.1) is 17.8 Å². The maximum absolute atomic E-state index is 10.6. The summed E-state index contributed by atoms with van der Waals surface area (Å²) in [5.41, 5.74) is 0.243. The summed E-state index contributed by atoms with van der Waals surface area (Å²) in [6.45, 7) is 6.17. The predicted octanol–water partition coefficient (Wildman–Crippen LogP) is 1.80. The largest absolute Gasteiger partial charge is 0.478 e. The third-order valence-corrected chi connectivity index (χ3v) is 2.23. The quantitative estimate of drug-likeness (QED) is 0.775. The Morgan fingerprint density at radius 3 is 2.54 bits per heavy atom. The molecule has 1 unspecified atom stereocenters. The summed E-state index contributed by atoms with van der Waals surface area (Å²) in [5, 5.41) is 12.7. The Balaban J connectivity index is 2.85. The molecular formula is C9H14N2O2. The molecule has 0 aliphatic heterocycles. The monoisotopic (exact) mass is 182 g/mol. The first-order valence-electron chi connectivity index (χ1n) is 4.30. The highest BCUT2D eigenvalue weighted by atomic mass is 16.4. The van der Waals surface area contributed by atoms with E-state index >= 15 is 0 Å². The number of aromatic nitrogens is 2. The minimum absolute atomic E-state index is 0.230.